The topological polar surface area (TPSA) is 45.2 Å². The van der Waals surface area contributed by atoms with Gasteiger partial charge in [-0.25, -0.2) is 0 Å². The normalized spacial score (nSPS) is 16.2. The molecule has 0 saturated carbocycles. The number of pyridine rings is 1. The molecule has 22 heavy (non-hydrogen) atoms. The van der Waals surface area contributed by atoms with Gasteiger partial charge in [-0.3, -0.25) is 9.78 Å². The van der Waals surface area contributed by atoms with Gasteiger partial charge in [-0.05, 0) is 38.8 Å². The second-order valence-corrected chi connectivity index (χ2v) is 6.27. The number of amides is 1. The smallest absolute Gasteiger partial charge is 0.223 e. The summed E-state index contributed by atoms with van der Waals surface area (Å²) in [5.41, 5.74) is 2.26. The number of aromatic nitrogens is 1. The number of fused-ring (bicyclic) bond motifs is 1. The molecule has 1 amide bonds. The van der Waals surface area contributed by atoms with Crippen LogP contribution in [-0.2, 0) is 4.79 Å². The highest BCUT2D eigenvalue weighted by atomic mass is 16.1. The Morgan fingerprint density at radius 3 is 2.68 bits per heavy atom. The van der Waals surface area contributed by atoms with Crippen molar-refractivity contribution in [3.63, 3.8) is 0 Å². The first-order valence-corrected chi connectivity index (χ1v) is 8.04. The number of carbonyl (C=O) groups excluding carboxylic acids is 1. The number of benzene rings is 1. The van der Waals surface area contributed by atoms with Gasteiger partial charge in [-0.1, -0.05) is 18.2 Å². The molecule has 0 unspecified atom stereocenters. The molecule has 3 rings (SSSR count). The third kappa shape index (κ3) is 3.06. The summed E-state index contributed by atoms with van der Waals surface area (Å²) in [7, 11) is 0. The Morgan fingerprint density at radius 2 is 1.95 bits per heavy atom. The summed E-state index contributed by atoms with van der Waals surface area (Å²) >= 11 is 0. The van der Waals surface area contributed by atoms with Crippen LogP contribution < -0.4 is 10.2 Å². The van der Waals surface area contributed by atoms with E-state index in [2.05, 4.69) is 33.4 Å². The maximum absolute atomic E-state index is 12.1. The zero-order chi connectivity index (χ0) is 15.5. The van der Waals surface area contributed by atoms with E-state index in [1.54, 1.807) is 0 Å². The summed E-state index contributed by atoms with van der Waals surface area (Å²) in [5, 5.41) is 4.22. The van der Waals surface area contributed by atoms with Crippen molar-refractivity contribution in [1.29, 1.82) is 0 Å². The molecule has 2 heterocycles. The van der Waals surface area contributed by atoms with E-state index in [0.717, 1.165) is 31.4 Å². The molecule has 0 atom stereocenters. The molecule has 1 fully saturated rings. The van der Waals surface area contributed by atoms with Gasteiger partial charge in [-0.15, -0.1) is 0 Å². The Morgan fingerprint density at radius 1 is 1.23 bits per heavy atom. The lowest BCUT2D eigenvalue weighted by atomic mass is 9.95. The summed E-state index contributed by atoms with van der Waals surface area (Å²) in [5.74, 6) is 0.348. The molecule has 1 aromatic heterocycles. The van der Waals surface area contributed by atoms with E-state index in [9.17, 15) is 4.79 Å². The van der Waals surface area contributed by atoms with Gasteiger partial charge >= 0.3 is 0 Å². The lowest BCUT2D eigenvalue weighted by molar-refractivity contribution is -0.126. The van der Waals surface area contributed by atoms with Crippen LogP contribution in [0.2, 0.25) is 0 Å². The lowest BCUT2D eigenvalue weighted by Gasteiger charge is -2.33. The molecular formula is C18H23N3O. The Balaban J connectivity index is 1.72. The van der Waals surface area contributed by atoms with E-state index in [1.165, 1.54) is 11.1 Å². The highest BCUT2D eigenvalue weighted by Crippen LogP contribution is 2.29. The van der Waals surface area contributed by atoms with Crippen molar-refractivity contribution in [3.05, 3.63) is 36.5 Å². The summed E-state index contributed by atoms with van der Waals surface area (Å²) in [6.45, 7) is 5.86. The van der Waals surface area contributed by atoms with E-state index < -0.39 is 0 Å². The largest absolute Gasteiger partial charge is 0.371 e. The quantitative estimate of drug-likeness (QED) is 0.947. The summed E-state index contributed by atoms with van der Waals surface area (Å²) in [6.07, 6.45) is 3.69. The first kappa shape index (κ1) is 14.8. The standard InChI is InChI=1S/C18H23N3O/c1-13(2)20-18(22)14-8-11-21(12-9-14)17-7-10-19-16-6-4-3-5-15(16)17/h3-7,10,13-14H,8-9,11-12H2,1-2H3,(H,20,22). The molecule has 0 radical (unpaired) electrons. The summed E-state index contributed by atoms with van der Waals surface area (Å²) < 4.78 is 0. The number of hydrogen-bond donors (Lipinski definition) is 1. The van der Waals surface area contributed by atoms with Crippen LogP contribution in [0.15, 0.2) is 36.5 Å². The molecule has 0 spiro atoms. The van der Waals surface area contributed by atoms with Crippen LogP contribution in [-0.4, -0.2) is 30.0 Å². The fraction of sp³-hybridized carbons (Fsp3) is 0.444. The molecule has 1 aromatic carbocycles. The molecule has 1 saturated heterocycles. The van der Waals surface area contributed by atoms with E-state index in [0.29, 0.717) is 0 Å². The van der Waals surface area contributed by atoms with Crippen LogP contribution in [0.25, 0.3) is 10.9 Å². The van der Waals surface area contributed by atoms with Gasteiger partial charge in [-0.2, -0.15) is 0 Å². The van der Waals surface area contributed by atoms with Crippen LogP contribution in [0.1, 0.15) is 26.7 Å². The predicted octanol–water partition coefficient (Wildman–Crippen LogP) is 2.98. The van der Waals surface area contributed by atoms with Gasteiger partial charge in [0.2, 0.25) is 5.91 Å². The van der Waals surface area contributed by atoms with Crippen molar-refractivity contribution in [2.45, 2.75) is 32.7 Å². The Bertz CT molecular complexity index is 655. The maximum Gasteiger partial charge on any atom is 0.223 e. The predicted molar refractivity (Wildman–Crippen MR) is 90.0 cm³/mol. The lowest BCUT2D eigenvalue weighted by Crippen LogP contribution is -2.42. The van der Waals surface area contributed by atoms with Crippen molar-refractivity contribution < 1.29 is 4.79 Å². The molecule has 0 bridgehead atoms. The minimum Gasteiger partial charge on any atom is -0.371 e. The second-order valence-electron chi connectivity index (χ2n) is 6.27. The number of rotatable bonds is 3. The zero-order valence-corrected chi connectivity index (χ0v) is 13.2. The van der Waals surface area contributed by atoms with E-state index in [1.807, 2.05) is 32.2 Å². The zero-order valence-electron chi connectivity index (χ0n) is 13.2. The number of nitrogens with one attached hydrogen (secondary N) is 1. The highest BCUT2D eigenvalue weighted by molar-refractivity contribution is 5.91. The summed E-state index contributed by atoms with van der Waals surface area (Å²) in [4.78, 5) is 18.9. The molecule has 4 heteroatoms. The van der Waals surface area contributed by atoms with Crippen LogP contribution in [0.4, 0.5) is 5.69 Å². The third-order valence-corrected chi connectivity index (χ3v) is 4.26. The van der Waals surface area contributed by atoms with Crippen LogP contribution in [0.3, 0.4) is 0 Å². The van der Waals surface area contributed by atoms with Gasteiger partial charge in [0, 0.05) is 42.3 Å². The van der Waals surface area contributed by atoms with E-state index >= 15 is 0 Å². The monoisotopic (exact) mass is 297 g/mol. The minimum absolute atomic E-state index is 0.145. The fourth-order valence-electron chi connectivity index (χ4n) is 3.14. The summed E-state index contributed by atoms with van der Waals surface area (Å²) in [6, 6.07) is 10.5. The molecule has 1 N–H and O–H groups in total. The van der Waals surface area contributed by atoms with Crippen LogP contribution in [0, 0.1) is 5.92 Å². The first-order valence-electron chi connectivity index (χ1n) is 8.04. The number of anilines is 1. The fourth-order valence-corrected chi connectivity index (χ4v) is 3.14. The van der Waals surface area contributed by atoms with Crippen molar-refractivity contribution >= 4 is 22.5 Å². The third-order valence-electron chi connectivity index (χ3n) is 4.26. The van der Waals surface area contributed by atoms with E-state index in [-0.39, 0.29) is 17.9 Å². The van der Waals surface area contributed by atoms with Gasteiger partial charge in [0.15, 0.2) is 0 Å². The number of hydrogen-bond acceptors (Lipinski definition) is 3. The maximum atomic E-state index is 12.1. The van der Waals surface area contributed by atoms with Gasteiger partial charge < -0.3 is 10.2 Å². The number of para-hydroxylation sites is 1. The van der Waals surface area contributed by atoms with Crippen molar-refractivity contribution in [2.75, 3.05) is 18.0 Å². The Kier molecular flexibility index (Phi) is 4.27. The average molecular weight is 297 g/mol. The Hall–Kier alpha value is -2.10. The first-order chi connectivity index (χ1) is 10.6. The Labute approximate surface area is 131 Å². The van der Waals surface area contributed by atoms with Crippen LogP contribution in [0.5, 0.6) is 0 Å². The van der Waals surface area contributed by atoms with Gasteiger partial charge in [0.05, 0.1) is 5.52 Å². The molecule has 1 aliphatic rings. The van der Waals surface area contributed by atoms with Crippen molar-refractivity contribution in [1.82, 2.24) is 10.3 Å². The molecule has 1 aliphatic heterocycles. The SMILES string of the molecule is CC(C)NC(=O)C1CCN(c2ccnc3ccccc23)CC1. The molecule has 2 aromatic rings. The van der Waals surface area contributed by atoms with Gasteiger partial charge in [0.25, 0.3) is 0 Å². The second kappa shape index (κ2) is 6.34. The van der Waals surface area contributed by atoms with Crippen LogP contribution >= 0.6 is 0 Å². The molecule has 0 aliphatic carbocycles. The number of carbonyl (C=O) groups is 1. The highest BCUT2D eigenvalue weighted by Gasteiger charge is 2.26. The van der Waals surface area contributed by atoms with Gasteiger partial charge in [0.1, 0.15) is 0 Å². The van der Waals surface area contributed by atoms with E-state index in [4.69, 9.17) is 0 Å². The molecule has 4 nitrogen and oxygen atoms in total. The number of nitrogens with zero attached hydrogens (tertiary/aromatic N) is 2. The average Bonchev–Trinajstić information content (AvgIpc) is 2.54. The molecular weight excluding hydrogens is 274 g/mol. The molecule has 116 valence electrons. The minimum atomic E-state index is 0.145. The van der Waals surface area contributed by atoms with Crippen molar-refractivity contribution in [3.8, 4) is 0 Å². The van der Waals surface area contributed by atoms with Crippen molar-refractivity contribution in [2.24, 2.45) is 5.92 Å². The number of piperidine rings is 1.